The Hall–Kier alpha value is -2.03. The number of imide groups is 1. The van der Waals surface area contributed by atoms with Crippen LogP contribution in [0.3, 0.4) is 0 Å². The van der Waals surface area contributed by atoms with Crippen LogP contribution >= 0.6 is 11.8 Å². The van der Waals surface area contributed by atoms with Crippen LogP contribution in [0.5, 0.6) is 0 Å². The summed E-state index contributed by atoms with van der Waals surface area (Å²) in [6.07, 6.45) is 0.824. The number of nitrogens with zero attached hydrogens (tertiary/aromatic N) is 1. The molecule has 9 heteroatoms. The lowest BCUT2D eigenvalue weighted by Gasteiger charge is -2.13. The van der Waals surface area contributed by atoms with E-state index in [0.29, 0.717) is 5.75 Å². The second-order valence-electron chi connectivity index (χ2n) is 5.66. The van der Waals surface area contributed by atoms with Gasteiger partial charge in [-0.25, -0.2) is 4.79 Å². The summed E-state index contributed by atoms with van der Waals surface area (Å²) in [6, 6.07) is -0.408. The number of ether oxygens (including phenoxy) is 1. The topological polar surface area (TPSA) is 111 Å². The predicted octanol–water partition coefficient (Wildman–Crippen LogP) is 1.44. The second kappa shape index (κ2) is 8.18. The summed E-state index contributed by atoms with van der Waals surface area (Å²) >= 11 is 1.35. The van der Waals surface area contributed by atoms with Gasteiger partial charge in [0.2, 0.25) is 0 Å². The van der Waals surface area contributed by atoms with Crippen LogP contribution in [0.1, 0.15) is 36.8 Å². The van der Waals surface area contributed by atoms with Crippen LogP contribution in [-0.2, 0) is 20.1 Å². The molecule has 0 saturated heterocycles. The summed E-state index contributed by atoms with van der Waals surface area (Å²) in [5.41, 5.74) is 1.75. The molecule has 1 atom stereocenters. The molecule has 1 unspecified atom stereocenters. The van der Waals surface area contributed by atoms with Crippen LogP contribution in [0.4, 0.5) is 4.79 Å². The smallest absolute Gasteiger partial charge is 0.321 e. The van der Waals surface area contributed by atoms with E-state index in [1.807, 2.05) is 13.8 Å². The van der Waals surface area contributed by atoms with E-state index in [0.717, 1.165) is 29.9 Å². The summed E-state index contributed by atoms with van der Waals surface area (Å²) < 4.78 is 10.1. The maximum Gasteiger partial charge on any atom is 0.321 e. The van der Waals surface area contributed by atoms with Crippen molar-refractivity contribution in [2.75, 3.05) is 5.75 Å². The largest absolute Gasteiger partial charge is 0.452 e. The van der Waals surface area contributed by atoms with Crippen molar-refractivity contribution < 1.29 is 23.6 Å². The first-order valence-corrected chi connectivity index (χ1v) is 8.82. The number of aryl methyl sites for hydroxylation is 2. The minimum atomic E-state index is -1.03. The zero-order valence-electron chi connectivity index (χ0n) is 13.9. The van der Waals surface area contributed by atoms with Crippen molar-refractivity contribution in [3.8, 4) is 0 Å². The molecule has 1 aliphatic rings. The molecule has 0 spiro atoms. The van der Waals surface area contributed by atoms with Gasteiger partial charge in [-0.2, -0.15) is 0 Å². The number of carbonyl (C=O) groups is 3. The van der Waals surface area contributed by atoms with Gasteiger partial charge in [0.05, 0.1) is 11.4 Å². The highest BCUT2D eigenvalue weighted by molar-refractivity contribution is 7.99. The maximum atomic E-state index is 11.8. The zero-order valence-corrected chi connectivity index (χ0v) is 14.7. The minimum absolute atomic E-state index is 0.0932. The Morgan fingerprint density at radius 1 is 1.38 bits per heavy atom. The molecule has 24 heavy (non-hydrogen) atoms. The molecule has 1 aliphatic carbocycles. The van der Waals surface area contributed by atoms with E-state index in [1.165, 1.54) is 18.7 Å². The van der Waals surface area contributed by atoms with Gasteiger partial charge in [0.15, 0.2) is 6.10 Å². The third-order valence-corrected chi connectivity index (χ3v) is 4.41. The van der Waals surface area contributed by atoms with E-state index in [2.05, 4.69) is 15.8 Å². The predicted molar refractivity (Wildman–Crippen MR) is 87.4 cm³/mol. The molecular weight excluding hydrogens is 334 g/mol. The quantitative estimate of drug-likeness (QED) is 0.712. The van der Waals surface area contributed by atoms with Crippen molar-refractivity contribution in [3.63, 3.8) is 0 Å². The van der Waals surface area contributed by atoms with Gasteiger partial charge >= 0.3 is 12.0 Å². The van der Waals surface area contributed by atoms with Crippen LogP contribution in [0.15, 0.2) is 4.52 Å². The van der Waals surface area contributed by atoms with Gasteiger partial charge in [-0.05, 0) is 33.6 Å². The van der Waals surface area contributed by atoms with E-state index >= 15 is 0 Å². The number of thioether (sulfide) groups is 1. The number of rotatable bonds is 7. The van der Waals surface area contributed by atoms with Crippen molar-refractivity contribution in [2.45, 2.75) is 51.5 Å². The summed E-state index contributed by atoms with van der Waals surface area (Å²) in [4.78, 5) is 35.0. The van der Waals surface area contributed by atoms with Gasteiger partial charge in [-0.15, -0.1) is 11.8 Å². The third-order valence-electron chi connectivity index (χ3n) is 3.47. The first-order chi connectivity index (χ1) is 11.4. The molecule has 2 N–H and O–H groups in total. The molecule has 1 saturated carbocycles. The average Bonchev–Trinajstić information content (AvgIpc) is 3.26. The van der Waals surface area contributed by atoms with E-state index in [9.17, 15) is 14.4 Å². The lowest BCUT2D eigenvalue weighted by atomic mass is 10.2. The van der Waals surface area contributed by atoms with Crippen LogP contribution in [0.2, 0.25) is 0 Å². The third kappa shape index (κ3) is 5.55. The molecule has 0 radical (unpaired) electrons. The number of nitrogens with one attached hydrogen (secondary N) is 2. The van der Waals surface area contributed by atoms with E-state index in [4.69, 9.17) is 9.26 Å². The lowest BCUT2D eigenvalue weighted by Crippen LogP contribution is -2.45. The Balaban J connectivity index is 1.67. The van der Waals surface area contributed by atoms with Crippen LogP contribution in [0, 0.1) is 13.8 Å². The van der Waals surface area contributed by atoms with Gasteiger partial charge < -0.3 is 14.6 Å². The van der Waals surface area contributed by atoms with Gasteiger partial charge in [0.25, 0.3) is 5.91 Å². The Labute approximate surface area is 144 Å². The molecule has 1 heterocycles. The van der Waals surface area contributed by atoms with Crippen molar-refractivity contribution >= 4 is 29.7 Å². The van der Waals surface area contributed by atoms with Crippen molar-refractivity contribution in [3.05, 3.63) is 17.0 Å². The fraction of sp³-hybridized carbons (Fsp3) is 0.600. The Bertz CT molecular complexity index is 607. The van der Waals surface area contributed by atoms with Crippen LogP contribution in [-0.4, -0.2) is 41.0 Å². The summed E-state index contributed by atoms with van der Waals surface area (Å²) in [6.45, 7) is 5.08. The maximum absolute atomic E-state index is 11.8. The van der Waals surface area contributed by atoms with Gasteiger partial charge in [-0.1, -0.05) is 5.16 Å². The molecule has 3 amide bonds. The SMILES string of the molecule is Cc1noc(C)c1CSCC(=O)OC(C)C(=O)NC(=O)NC1CC1. The van der Waals surface area contributed by atoms with E-state index in [1.54, 1.807) is 0 Å². The van der Waals surface area contributed by atoms with Crippen molar-refractivity contribution in [2.24, 2.45) is 0 Å². The highest BCUT2D eigenvalue weighted by atomic mass is 32.2. The summed E-state index contributed by atoms with van der Waals surface area (Å²) in [5.74, 6) is 0.230. The number of urea groups is 1. The Morgan fingerprint density at radius 3 is 2.67 bits per heavy atom. The number of carbonyl (C=O) groups excluding carboxylic acids is 3. The number of aromatic nitrogens is 1. The summed E-state index contributed by atoms with van der Waals surface area (Å²) in [5, 5.41) is 8.62. The lowest BCUT2D eigenvalue weighted by molar-refractivity contribution is -0.151. The van der Waals surface area contributed by atoms with Crippen LogP contribution < -0.4 is 10.6 Å². The van der Waals surface area contributed by atoms with E-state index < -0.39 is 24.0 Å². The number of hydrogen-bond acceptors (Lipinski definition) is 7. The highest BCUT2D eigenvalue weighted by Crippen LogP contribution is 2.20. The Morgan fingerprint density at radius 2 is 2.08 bits per heavy atom. The first kappa shape index (κ1) is 18.3. The Kier molecular flexibility index (Phi) is 6.24. The van der Waals surface area contributed by atoms with Gasteiger partial charge in [-0.3, -0.25) is 14.9 Å². The fourth-order valence-corrected chi connectivity index (χ4v) is 2.84. The molecule has 8 nitrogen and oxygen atoms in total. The average molecular weight is 355 g/mol. The standard InChI is InChI=1S/C15H21N3O5S/c1-8-12(9(2)23-18-8)6-24-7-13(19)22-10(3)14(20)17-15(21)16-11-4-5-11/h10-11H,4-7H2,1-3H3,(H2,16,17,20,21). The van der Waals surface area contributed by atoms with Crippen molar-refractivity contribution in [1.29, 1.82) is 0 Å². The molecule has 2 rings (SSSR count). The first-order valence-electron chi connectivity index (χ1n) is 7.67. The number of hydrogen-bond donors (Lipinski definition) is 2. The molecule has 0 aliphatic heterocycles. The highest BCUT2D eigenvalue weighted by Gasteiger charge is 2.26. The molecular formula is C15H21N3O5S. The van der Waals surface area contributed by atoms with Crippen LogP contribution in [0.25, 0.3) is 0 Å². The fourth-order valence-electron chi connectivity index (χ4n) is 1.89. The minimum Gasteiger partial charge on any atom is -0.452 e. The van der Waals surface area contributed by atoms with Gasteiger partial charge in [0.1, 0.15) is 5.76 Å². The molecule has 1 aromatic heterocycles. The number of amides is 3. The second-order valence-corrected chi connectivity index (χ2v) is 6.65. The van der Waals surface area contributed by atoms with Gasteiger partial charge in [0, 0.05) is 17.4 Å². The normalized spacial score (nSPS) is 14.8. The monoisotopic (exact) mass is 355 g/mol. The number of esters is 1. The van der Waals surface area contributed by atoms with Crippen molar-refractivity contribution in [1.82, 2.24) is 15.8 Å². The molecule has 1 fully saturated rings. The zero-order chi connectivity index (χ0) is 17.7. The van der Waals surface area contributed by atoms with E-state index in [-0.39, 0.29) is 11.8 Å². The summed E-state index contributed by atoms with van der Waals surface area (Å²) in [7, 11) is 0. The molecule has 132 valence electrons. The molecule has 1 aromatic rings. The molecule has 0 aromatic carbocycles. The molecule has 0 bridgehead atoms.